The zero-order valence-corrected chi connectivity index (χ0v) is 13.3. The summed E-state index contributed by atoms with van der Waals surface area (Å²) >= 11 is 0. The van der Waals surface area contributed by atoms with E-state index in [-0.39, 0.29) is 0 Å². The second-order valence-corrected chi connectivity index (χ2v) is 5.20. The van der Waals surface area contributed by atoms with Crippen LogP contribution in [0.25, 0.3) is 0 Å². The molecule has 21 heavy (non-hydrogen) atoms. The molecule has 1 aromatic heterocycles. The highest BCUT2D eigenvalue weighted by Gasteiger charge is 2.20. The molecule has 0 spiro atoms. The zero-order chi connectivity index (χ0) is 15.9. The van der Waals surface area contributed by atoms with Gasteiger partial charge in [0.2, 0.25) is 17.8 Å². The van der Waals surface area contributed by atoms with Crippen molar-refractivity contribution in [2.24, 2.45) is 5.84 Å². The number of nitrogens with one attached hydrogen (secondary N) is 2. The van der Waals surface area contributed by atoms with E-state index in [2.05, 4.69) is 25.7 Å². The average molecular weight is 297 g/mol. The molecule has 5 N–H and O–H groups in total. The molecule has 0 aliphatic rings. The Labute approximate surface area is 126 Å². The lowest BCUT2D eigenvalue weighted by Crippen LogP contribution is -2.34. The second kappa shape index (κ2) is 7.94. The van der Waals surface area contributed by atoms with Gasteiger partial charge in [0.05, 0.1) is 5.60 Å². The minimum Gasteiger partial charge on any atom is -0.388 e. The van der Waals surface area contributed by atoms with Crippen molar-refractivity contribution in [3.63, 3.8) is 0 Å². The van der Waals surface area contributed by atoms with E-state index in [9.17, 15) is 5.11 Å². The molecule has 0 aromatic carbocycles. The lowest BCUT2D eigenvalue weighted by Gasteiger charge is -2.24. The van der Waals surface area contributed by atoms with Gasteiger partial charge in [0.15, 0.2) is 0 Å². The van der Waals surface area contributed by atoms with Crippen molar-refractivity contribution in [1.29, 1.82) is 0 Å². The lowest BCUT2D eigenvalue weighted by molar-refractivity contribution is 0.0635. The minimum atomic E-state index is -0.799. The Kier molecular flexibility index (Phi) is 6.57. The molecule has 0 saturated heterocycles. The normalized spacial score (nSPS) is 13.6. The fourth-order valence-electron chi connectivity index (χ4n) is 2.05. The quantitative estimate of drug-likeness (QED) is 0.394. The first-order valence-electron chi connectivity index (χ1n) is 7.39. The fourth-order valence-corrected chi connectivity index (χ4v) is 2.05. The van der Waals surface area contributed by atoms with E-state index in [0.717, 1.165) is 19.5 Å². The van der Waals surface area contributed by atoms with Gasteiger partial charge in [0.1, 0.15) is 0 Å². The monoisotopic (exact) mass is 297 g/mol. The van der Waals surface area contributed by atoms with E-state index in [1.54, 1.807) is 6.92 Å². The molecule has 0 radical (unpaired) electrons. The minimum absolute atomic E-state index is 0.296. The maximum Gasteiger partial charge on any atom is 0.243 e. The van der Waals surface area contributed by atoms with Crippen LogP contribution < -0.4 is 21.5 Å². The van der Waals surface area contributed by atoms with Crippen molar-refractivity contribution in [3.05, 3.63) is 0 Å². The number of nitrogen functional groups attached to an aromatic ring is 1. The second-order valence-electron chi connectivity index (χ2n) is 5.20. The summed E-state index contributed by atoms with van der Waals surface area (Å²) in [6.45, 7) is 9.83. The molecular weight excluding hydrogens is 270 g/mol. The standard InChI is InChI=1S/C13H27N7O/c1-5-8-13(4,21)9-15-10-16-11(19-14)18-12(17-10)20(6-2)7-3/h21H,5-9,14H2,1-4H3,(H2,15,16,17,18,19). The number of aliphatic hydroxyl groups is 1. The van der Waals surface area contributed by atoms with Gasteiger partial charge in [-0.2, -0.15) is 15.0 Å². The highest BCUT2D eigenvalue weighted by Crippen LogP contribution is 2.15. The summed E-state index contributed by atoms with van der Waals surface area (Å²) < 4.78 is 0. The molecule has 8 nitrogen and oxygen atoms in total. The van der Waals surface area contributed by atoms with Crippen molar-refractivity contribution in [2.75, 3.05) is 35.3 Å². The van der Waals surface area contributed by atoms with Crippen molar-refractivity contribution in [1.82, 2.24) is 15.0 Å². The average Bonchev–Trinajstić information content (AvgIpc) is 2.46. The van der Waals surface area contributed by atoms with Gasteiger partial charge in [-0.25, -0.2) is 5.84 Å². The van der Waals surface area contributed by atoms with Crippen LogP contribution in [-0.2, 0) is 0 Å². The Hall–Kier alpha value is -1.67. The van der Waals surface area contributed by atoms with E-state index in [1.807, 2.05) is 25.7 Å². The number of nitrogens with zero attached hydrogens (tertiary/aromatic N) is 4. The molecule has 1 aromatic rings. The largest absolute Gasteiger partial charge is 0.388 e. The Morgan fingerprint density at radius 2 is 1.76 bits per heavy atom. The highest BCUT2D eigenvalue weighted by molar-refractivity contribution is 5.43. The van der Waals surface area contributed by atoms with Crippen molar-refractivity contribution in [3.8, 4) is 0 Å². The van der Waals surface area contributed by atoms with Crippen molar-refractivity contribution < 1.29 is 5.11 Å². The molecule has 1 unspecified atom stereocenters. The highest BCUT2D eigenvalue weighted by atomic mass is 16.3. The predicted molar refractivity (Wildman–Crippen MR) is 85.2 cm³/mol. The van der Waals surface area contributed by atoms with Gasteiger partial charge in [-0.05, 0) is 27.2 Å². The first-order chi connectivity index (χ1) is 9.95. The van der Waals surface area contributed by atoms with Gasteiger partial charge in [-0.3, -0.25) is 5.43 Å². The Morgan fingerprint density at radius 3 is 2.29 bits per heavy atom. The first kappa shape index (κ1) is 17.4. The number of anilines is 3. The molecule has 1 atom stereocenters. The van der Waals surface area contributed by atoms with E-state index in [0.29, 0.717) is 30.8 Å². The van der Waals surface area contributed by atoms with E-state index in [1.165, 1.54) is 0 Å². The maximum atomic E-state index is 10.2. The third kappa shape index (κ3) is 5.31. The van der Waals surface area contributed by atoms with Crippen molar-refractivity contribution in [2.45, 2.75) is 46.1 Å². The summed E-state index contributed by atoms with van der Waals surface area (Å²) in [5, 5.41) is 13.2. The van der Waals surface area contributed by atoms with Crippen molar-refractivity contribution >= 4 is 17.8 Å². The number of aromatic nitrogens is 3. The summed E-state index contributed by atoms with van der Waals surface area (Å²) in [7, 11) is 0. The van der Waals surface area contributed by atoms with Crippen LogP contribution in [-0.4, -0.2) is 45.3 Å². The first-order valence-corrected chi connectivity index (χ1v) is 7.39. The number of nitrogens with two attached hydrogens (primary N) is 1. The number of hydrogen-bond donors (Lipinski definition) is 4. The van der Waals surface area contributed by atoms with Crippen LogP contribution >= 0.6 is 0 Å². The van der Waals surface area contributed by atoms with Gasteiger partial charge in [0.25, 0.3) is 0 Å². The molecule has 1 heterocycles. The van der Waals surface area contributed by atoms with Crippen LogP contribution in [0.2, 0.25) is 0 Å². The molecule has 0 bridgehead atoms. The fraction of sp³-hybridized carbons (Fsp3) is 0.769. The predicted octanol–water partition coefficient (Wildman–Crippen LogP) is 0.966. The van der Waals surface area contributed by atoms with Crippen LogP contribution in [0.5, 0.6) is 0 Å². The Balaban J connectivity index is 2.89. The molecular formula is C13H27N7O. The Bertz CT molecular complexity index is 435. The zero-order valence-electron chi connectivity index (χ0n) is 13.3. The molecule has 0 fully saturated rings. The molecule has 0 saturated carbocycles. The molecule has 0 amide bonds. The van der Waals surface area contributed by atoms with Crippen LogP contribution in [0, 0.1) is 0 Å². The lowest BCUT2D eigenvalue weighted by atomic mass is 10.0. The van der Waals surface area contributed by atoms with E-state index >= 15 is 0 Å². The number of hydrogen-bond acceptors (Lipinski definition) is 8. The molecule has 1 rings (SSSR count). The van der Waals surface area contributed by atoms with Gasteiger partial charge in [-0.15, -0.1) is 0 Å². The third-order valence-electron chi connectivity index (χ3n) is 3.21. The van der Waals surface area contributed by atoms with Crippen LogP contribution in [0.15, 0.2) is 0 Å². The van der Waals surface area contributed by atoms with Crippen LogP contribution in [0.3, 0.4) is 0 Å². The van der Waals surface area contributed by atoms with E-state index < -0.39 is 5.60 Å². The van der Waals surface area contributed by atoms with Gasteiger partial charge in [-0.1, -0.05) is 13.3 Å². The summed E-state index contributed by atoms with van der Waals surface area (Å²) in [5.41, 5.74) is 1.64. The molecule has 0 aliphatic carbocycles. The molecule has 120 valence electrons. The number of hydrazine groups is 1. The SMILES string of the molecule is CCCC(C)(O)CNc1nc(NN)nc(N(CC)CC)n1. The maximum absolute atomic E-state index is 10.2. The topological polar surface area (TPSA) is 112 Å². The van der Waals surface area contributed by atoms with Gasteiger partial charge in [0, 0.05) is 19.6 Å². The summed E-state index contributed by atoms with van der Waals surface area (Å²) in [6, 6.07) is 0. The summed E-state index contributed by atoms with van der Waals surface area (Å²) in [6.07, 6.45) is 1.61. The summed E-state index contributed by atoms with van der Waals surface area (Å²) in [4.78, 5) is 14.8. The number of rotatable bonds is 9. The van der Waals surface area contributed by atoms with Gasteiger partial charge >= 0.3 is 0 Å². The van der Waals surface area contributed by atoms with Crippen LogP contribution in [0.4, 0.5) is 17.8 Å². The van der Waals surface area contributed by atoms with E-state index in [4.69, 9.17) is 5.84 Å². The smallest absolute Gasteiger partial charge is 0.243 e. The van der Waals surface area contributed by atoms with Gasteiger partial charge < -0.3 is 15.3 Å². The van der Waals surface area contributed by atoms with Crippen LogP contribution in [0.1, 0.15) is 40.5 Å². The third-order valence-corrected chi connectivity index (χ3v) is 3.21. The molecule has 8 heteroatoms. The Morgan fingerprint density at radius 1 is 1.14 bits per heavy atom. The summed E-state index contributed by atoms with van der Waals surface area (Å²) in [5.74, 6) is 6.65. The molecule has 0 aliphatic heterocycles.